The number of anilines is 1. The molecule has 0 amide bonds. The lowest BCUT2D eigenvalue weighted by Crippen LogP contribution is -2.04. The molecule has 0 radical (unpaired) electrons. The van der Waals surface area contributed by atoms with Crippen LogP contribution in [0.4, 0.5) is 5.82 Å². The summed E-state index contributed by atoms with van der Waals surface area (Å²) in [4.78, 5) is 11.6. The van der Waals surface area contributed by atoms with E-state index in [9.17, 15) is 5.26 Å². The van der Waals surface area contributed by atoms with Crippen molar-refractivity contribution in [3.8, 4) is 34.3 Å². The number of nitrogen functional groups attached to an aromatic ring is 1. The largest absolute Gasteiger partial charge is 0.383 e. The highest BCUT2D eigenvalue weighted by molar-refractivity contribution is 5.79. The number of nitrogens with zero attached hydrogens (tertiary/aromatic N) is 4. The Balaban J connectivity index is 1.99. The second-order valence-corrected chi connectivity index (χ2v) is 5.93. The van der Waals surface area contributed by atoms with Crippen LogP contribution in [0.3, 0.4) is 0 Å². The maximum atomic E-state index is 9.65. The van der Waals surface area contributed by atoms with Gasteiger partial charge in [-0.1, -0.05) is 0 Å². The van der Waals surface area contributed by atoms with Crippen LogP contribution >= 0.6 is 0 Å². The van der Waals surface area contributed by atoms with Crippen LogP contribution in [0.2, 0.25) is 0 Å². The van der Waals surface area contributed by atoms with E-state index >= 15 is 0 Å². The first-order valence-electron chi connectivity index (χ1n) is 8.12. The number of nitriles is 1. The Hall–Kier alpha value is -3.85. The van der Waals surface area contributed by atoms with E-state index in [2.05, 4.69) is 25.6 Å². The smallest absolute Gasteiger partial charge is 0.142 e. The second kappa shape index (κ2) is 6.22. The molecule has 4 aromatic heterocycles. The number of H-pyrrole nitrogens is 1. The fraction of sp³-hybridized carbons (Fsp3) is 0.0500. The van der Waals surface area contributed by atoms with E-state index in [-0.39, 0.29) is 5.82 Å². The van der Waals surface area contributed by atoms with Crippen molar-refractivity contribution < 1.29 is 0 Å². The van der Waals surface area contributed by atoms with Crippen LogP contribution in [0.15, 0.2) is 61.2 Å². The predicted molar refractivity (Wildman–Crippen MR) is 100 cm³/mol. The number of nitrogens with one attached hydrogen (secondary N) is 1. The molecule has 0 saturated carbocycles. The third-order valence-electron chi connectivity index (χ3n) is 4.31. The quantitative estimate of drug-likeness (QED) is 0.594. The highest BCUT2D eigenvalue weighted by Crippen LogP contribution is 2.33. The third-order valence-corrected chi connectivity index (χ3v) is 4.31. The molecule has 3 N–H and O–H groups in total. The summed E-state index contributed by atoms with van der Waals surface area (Å²) in [7, 11) is 0. The maximum Gasteiger partial charge on any atom is 0.142 e. The minimum absolute atomic E-state index is 0.220. The van der Waals surface area contributed by atoms with Crippen LogP contribution in [0.25, 0.3) is 28.2 Å². The van der Waals surface area contributed by atoms with Crippen molar-refractivity contribution in [2.45, 2.75) is 6.92 Å². The highest BCUT2D eigenvalue weighted by atomic mass is 15.0. The molecule has 0 aromatic carbocycles. The predicted octanol–water partition coefficient (Wildman–Crippen LogP) is 3.69. The minimum atomic E-state index is 0.220. The van der Waals surface area contributed by atoms with Crippen molar-refractivity contribution in [3.63, 3.8) is 0 Å². The van der Waals surface area contributed by atoms with Gasteiger partial charge < -0.3 is 15.3 Å². The molecule has 0 saturated heterocycles. The molecule has 6 heteroatoms. The van der Waals surface area contributed by atoms with Gasteiger partial charge in [-0.2, -0.15) is 5.26 Å². The van der Waals surface area contributed by atoms with Gasteiger partial charge in [0.15, 0.2) is 0 Å². The molecule has 0 spiro atoms. The van der Waals surface area contributed by atoms with Gasteiger partial charge in [-0.15, -0.1) is 0 Å². The van der Waals surface area contributed by atoms with Crippen molar-refractivity contribution in [1.29, 1.82) is 5.26 Å². The van der Waals surface area contributed by atoms with Crippen LogP contribution in [0, 0.1) is 18.3 Å². The molecular weight excluding hydrogens is 324 g/mol. The molecule has 4 heterocycles. The zero-order valence-corrected chi connectivity index (χ0v) is 14.1. The molecule has 0 aliphatic heterocycles. The van der Waals surface area contributed by atoms with Gasteiger partial charge in [-0.25, -0.2) is 4.98 Å². The van der Waals surface area contributed by atoms with Gasteiger partial charge in [0.05, 0.1) is 23.3 Å². The minimum Gasteiger partial charge on any atom is -0.383 e. The first kappa shape index (κ1) is 15.7. The Morgan fingerprint density at radius 2 is 2.12 bits per heavy atom. The number of hydrogen-bond donors (Lipinski definition) is 2. The molecule has 26 heavy (non-hydrogen) atoms. The summed E-state index contributed by atoms with van der Waals surface area (Å²) >= 11 is 0. The third kappa shape index (κ3) is 2.52. The van der Waals surface area contributed by atoms with Gasteiger partial charge in [-0.05, 0) is 43.3 Å². The van der Waals surface area contributed by atoms with Crippen molar-refractivity contribution in [2.75, 3.05) is 5.73 Å². The Kier molecular flexibility index (Phi) is 3.75. The van der Waals surface area contributed by atoms with E-state index in [4.69, 9.17) is 5.73 Å². The summed E-state index contributed by atoms with van der Waals surface area (Å²) in [5, 5.41) is 9.65. The summed E-state index contributed by atoms with van der Waals surface area (Å²) in [5.41, 5.74) is 11.7. The number of nitrogens with two attached hydrogens (primary N) is 1. The lowest BCUT2D eigenvalue weighted by molar-refractivity contribution is 1.01. The van der Waals surface area contributed by atoms with Crippen molar-refractivity contribution in [1.82, 2.24) is 19.5 Å². The van der Waals surface area contributed by atoms with E-state index < -0.39 is 0 Å². The van der Waals surface area contributed by atoms with Gasteiger partial charge in [0.1, 0.15) is 17.5 Å². The Bertz CT molecular complexity index is 1100. The summed E-state index contributed by atoms with van der Waals surface area (Å²) in [6.45, 7) is 2.01. The van der Waals surface area contributed by atoms with Crippen LogP contribution in [0.5, 0.6) is 0 Å². The number of pyridine rings is 2. The van der Waals surface area contributed by atoms with Crippen LogP contribution in [0.1, 0.15) is 11.3 Å². The summed E-state index contributed by atoms with van der Waals surface area (Å²) < 4.78 is 2.06. The molecule has 0 atom stereocenters. The molecule has 6 nitrogen and oxygen atoms in total. The normalized spacial score (nSPS) is 10.6. The van der Waals surface area contributed by atoms with Gasteiger partial charge in [0.25, 0.3) is 0 Å². The first-order valence-corrected chi connectivity index (χ1v) is 8.12. The Labute approximate surface area is 150 Å². The van der Waals surface area contributed by atoms with E-state index in [0.717, 1.165) is 28.2 Å². The zero-order valence-electron chi connectivity index (χ0n) is 14.1. The van der Waals surface area contributed by atoms with Gasteiger partial charge in [-0.3, -0.25) is 4.98 Å². The van der Waals surface area contributed by atoms with Gasteiger partial charge in [0, 0.05) is 35.4 Å². The number of aromatic amines is 1. The number of rotatable bonds is 3. The number of hydrogen-bond acceptors (Lipinski definition) is 4. The average Bonchev–Trinajstić information content (AvgIpc) is 3.31. The highest BCUT2D eigenvalue weighted by Gasteiger charge is 2.18. The number of aryl methyl sites for hydroxylation is 1. The molecule has 0 aliphatic rings. The average molecular weight is 340 g/mol. The fourth-order valence-electron chi connectivity index (χ4n) is 3.09. The molecule has 0 unspecified atom stereocenters. The molecule has 126 valence electrons. The molecule has 0 fully saturated rings. The van der Waals surface area contributed by atoms with E-state index in [1.54, 1.807) is 12.4 Å². The lowest BCUT2D eigenvalue weighted by atomic mass is 10.0. The molecule has 0 aliphatic carbocycles. The second-order valence-electron chi connectivity index (χ2n) is 5.93. The summed E-state index contributed by atoms with van der Waals surface area (Å²) in [6.07, 6.45) is 7.20. The van der Waals surface area contributed by atoms with E-state index in [1.165, 1.54) is 0 Å². The van der Waals surface area contributed by atoms with Crippen LogP contribution in [-0.4, -0.2) is 19.5 Å². The van der Waals surface area contributed by atoms with E-state index in [0.29, 0.717) is 11.3 Å². The van der Waals surface area contributed by atoms with E-state index in [1.807, 2.05) is 55.7 Å². The van der Waals surface area contributed by atoms with Crippen molar-refractivity contribution >= 4 is 5.82 Å². The lowest BCUT2D eigenvalue weighted by Gasteiger charge is -2.14. The van der Waals surface area contributed by atoms with Crippen LogP contribution in [-0.2, 0) is 0 Å². The van der Waals surface area contributed by atoms with Crippen LogP contribution < -0.4 is 5.73 Å². The topological polar surface area (TPSA) is 96.3 Å². The molecule has 4 rings (SSSR count). The monoisotopic (exact) mass is 340 g/mol. The Morgan fingerprint density at radius 3 is 2.81 bits per heavy atom. The van der Waals surface area contributed by atoms with Crippen molar-refractivity contribution in [2.24, 2.45) is 0 Å². The maximum absolute atomic E-state index is 9.65. The Morgan fingerprint density at radius 1 is 1.23 bits per heavy atom. The fourth-order valence-corrected chi connectivity index (χ4v) is 3.09. The first-order chi connectivity index (χ1) is 12.7. The SMILES string of the molecule is Cc1ccc(-c2cc(-c3cc[nH]c3)nc(N)c2C#N)n1-c1cccnc1. The summed E-state index contributed by atoms with van der Waals surface area (Å²) in [5.74, 6) is 0.220. The standard InChI is InChI=1S/C20H16N6/c1-13-4-5-19(26(13)15-3-2-7-23-12-15)16-9-18(14-6-8-24-11-14)25-20(22)17(16)10-21/h2-9,11-12,24H,1H3,(H2,22,25). The summed E-state index contributed by atoms with van der Waals surface area (Å²) in [6, 6.07) is 13.9. The van der Waals surface area contributed by atoms with Crippen molar-refractivity contribution in [3.05, 3.63) is 72.4 Å². The molecule has 4 aromatic rings. The van der Waals surface area contributed by atoms with Gasteiger partial charge >= 0.3 is 0 Å². The molecule has 0 bridgehead atoms. The number of aromatic nitrogens is 4. The van der Waals surface area contributed by atoms with Gasteiger partial charge in [0.2, 0.25) is 0 Å². The zero-order chi connectivity index (χ0) is 18.1. The molecular formula is C20H16N6.